The Morgan fingerprint density at radius 3 is 2.95 bits per heavy atom. The third-order valence-electron chi connectivity index (χ3n) is 5.27. The maximum Gasteiger partial charge on any atom is 0.122 e. The molecule has 1 heterocycles. The zero-order valence-electron chi connectivity index (χ0n) is 12.8. The number of rotatable bonds is 5. The van der Waals surface area contributed by atoms with Crippen molar-refractivity contribution in [2.75, 3.05) is 13.2 Å². The molecule has 0 saturated heterocycles. The molecule has 1 aliphatic heterocycles. The van der Waals surface area contributed by atoms with E-state index in [1.165, 1.54) is 31.2 Å². The first-order chi connectivity index (χ1) is 9.79. The SMILES string of the molecule is CCCNC1CCC(CC2COc3ccccc32)C1C. The molecule has 1 aromatic carbocycles. The van der Waals surface area contributed by atoms with E-state index in [2.05, 4.69) is 43.4 Å². The third-order valence-corrected chi connectivity index (χ3v) is 5.27. The molecule has 0 spiro atoms. The molecule has 4 atom stereocenters. The van der Waals surface area contributed by atoms with Crippen molar-refractivity contribution < 1.29 is 4.74 Å². The van der Waals surface area contributed by atoms with E-state index in [9.17, 15) is 0 Å². The lowest BCUT2D eigenvalue weighted by Crippen LogP contribution is -2.33. The van der Waals surface area contributed by atoms with Gasteiger partial charge in [0.25, 0.3) is 0 Å². The van der Waals surface area contributed by atoms with Gasteiger partial charge in [0.05, 0.1) is 6.61 Å². The molecule has 2 nitrogen and oxygen atoms in total. The molecule has 0 amide bonds. The van der Waals surface area contributed by atoms with Crippen molar-refractivity contribution in [2.24, 2.45) is 11.8 Å². The average Bonchev–Trinajstić information content (AvgIpc) is 3.03. The van der Waals surface area contributed by atoms with Gasteiger partial charge in [-0.3, -0.25) is 0 Å². The molecule has 1 saturated carbocycles. The highest BCUT2D eigenvalue weighted by Crippen LogP contribution is 2.43. The predicted octanol–water partition coefficient (Wildman–Crippen LogP) is 3.97. The van der Waals surface area contributed by atoms with Gasteiger partial charge in [-0.15, -0.1) is 0 Å². The Labute approximate surface area is 122 Å². The Hall–Kier alpha value is -1.02. The molecular weight excluding hydrogens is 246 g/mol. The lowest BCUT2D eigenvalue weighted by atomic mass is 9.84. The van der Waals surface area contributed by atoms with Crippen LogP contribution in [0.3, 0.4) is 0 Å². The molecule has 4 unspecified atom stereocenters. The van der Waals surface area contributed by atoms with Crippen LogP contribution in [0.25, 0.3) is 0 Å². The fourth-order valence-electron chi connectivity index (χ4n) is 3.99. The second-order valence-electron chi connectivity index (χ2n) is 6.54. The Kier molecular flexibility index (Phi) is 4.30. The summed E-state index contributed by atoms with van der Waals surface area (Å²) < 4.78 is 5.83. The lowest BCUT2D eigenvalue weighted by Gasteiger charge is -2.23. The zero-order valence-corrected chi connectivity index (χ0v) is 12.8. The summed E-state index contributed by atoms with van der Waals surface area (Å²) in [4.78, 5) is 0. The molecule has 0 aromatic heterocycles. The number of para-hydroxylation sites is 1. The number of ether oxygens (including phenoxy) is 1. The minimum absolute atomic E-state index is 0.614. The fraction of sp³-hybridized carbons (Fsp3) is 0.667. The van der Waals surface area contributed by atoms with Gasteiger partial charge in [0, 0.05) is 17.5 Å². The first-order valence-corrected chi connectivity index (χ1v) is 8.24. The molecule has 0 radical (unpaired) electrons. The van der Waals surface area contributed by atoms with E-state index in [1.54, 1.807) is 0 Å². The largest absolute Gasteiger partial charge is 0.493 e. The van der Waals surface area contributed by atoms with E-state index in [0.717, 1.165) is 36.8 Å². The standard InChI is InChI=1S/C18H27NO/c1-3-10-19-17-9-8-14(13(17)2)11-15-12-20-18-7-5-4-6-16(15)18/h4-7,13-15,17,19H,3,8-12H2,1-2H3. The maximum atomic E-state index is 5.83. The summed E-state index contributed by atoms with van der Waals surface area (Å²) in [5, 5.41) is 3.72. The number of fused-ring (bicyclic) bond motifs is 1. The van der Waals surface area contributed by atoms with Crippen LogP contribution >= 0.6 is 0 Å². The van der Waals surface area contributed by atoms with Crippen molar-refractivity contribution in [3.63, 3.8) is 0 Å². The van der Waals surface area contributed by atoms with Gasteiger partial charge < -0.3 is 10.1 Å². The van der Waals surface area contributed by atoms with Gasteiger partial charge in [0.1, 0.15) is 5.75 Å². The number of nitrogens with one attached hydrogen (secondary N) is 1. The van der Waals surface area contributed by atoms with E-state index in [0.29, 0.717) is 5.92 Å². The maximum absolute atomic E-state index is 5.83. The minimum atomic E-state index is 0.614. The normalized spacial score (nSPS) is 32.1. The molecule has 110 valence electrons. The van der Waals surface area contributed by atoms with E-state index >= 15 is 0 Å². The molecule has 0 bridgehead atoms. The van der Waals surface area contributed by atoms with Crippen molar-refractivity contribution >= 4 is 0 Å². The molecule has 3 rings (SSSR count). The van der Waals surface area contributed by atoms with Crippen LogP contribution in [0.1, 0.15) is 51.0 Å². The van der Waals surface area contributed by atoms with Crippen LogP contribution < -0.4 is 10.1 Å². The first-order valence-electron chi connectivity index (χ1n) is 8.24. The molecule has 20 heavy (non-hydrogen) atoms. The van der Waals surface area contributed by atoms with Crippen LogP contribution in [0, 0.1) is 11.8 Å². The summed E-state index contributed by atoms with van der Waals surface area (Å²) in [7, 11) is 0. The minimum Gasteiger partial charge on any atom is -0.493 e. The van der Waals surface area contributed by atoms with Crippen LogP contribution in [-0.2, 0) is 0 Å². The summed E-state index contributed by atoms with van der Waals surface area (Å²) in [5.41, 5.74) is 1.43. The molecule has 2 heteroatoms. The molecule has 1 fully saturated rings. The summed E-state index contributed by atoms with van der Waals surface area (Å²) in [6, 6.07) is 9.31. The summed E-state index contributed by atoms with van der Waals surface area (Å²) in [6.45, 7) is 6.73. The highest BCUT2D eigenvalue weighted by Gasteiger charge is 2.35. The van der Waals surface area contributed by atoms with Crippen molar-refractivity contribution in [3.05, 3.63) is 29.8 Å². The van der Waals surface area contributed by atoms with Crippen molar-refractivity contribution in [2.45, 2.75) is 51.5 Å². The predicted molar refractivity (Wildman–Crippen MR) is 83.3 cm³/mol. The first kappa shape index (κ1) is 13.9. The third kappa shape index (κ3) is 2.71. The second-order valence-corrected chi connectivity index (χ2v) is 6.54. The average molecular weight is 273 g/mol. The van der Waals surface area contributed by atoms with Gasteiger partial charge in [0.15, 0.2) is 0 Å². The van der Waals surface area contributed by atoms with Crippen molar-refractivity contribution in [1.29, 1.82) is 0 Å². The fourth-order valence-corrected chi connectivity index (χ4v) is 3.99. The van der Waals surface area contributed by atoms with Gasteiger partial charge in [-0.1, -0.05) is 32.0 Å². The van der Waals surface area contributed by atoms with Crippen LogP contribution in [-0.4, -0.2) is 19.2 Å². The molecule has 1 aliphatic carbocycles. The van der Waals surface area contributed by atoms with E-state index in [-0.39, 0.29) is 0 Å². The summed E-state index contributed by atoms with van der Waals surface area (Å²) in [5.74, 6) is 3.38. The highest BCUT2D eigenvalue weighted by molar-refractivity contribution is 5.39. The topological polar surface area (TPSA) is 21.3 Å². The Morgan fingerprint density at radius 2 is 2.10 bits per heavy atom. The number of hydrogen-bond acceptors (Lipinski definition) is 2. The van der Waals surface area contributed by atoms with Gasteiger partial charge in [-0.05, 0) is 50.1 Å². The highest BCUT2D eigenvalue weighted by atomic mass is 16.5. The second kappa shape index (κ2) is 6.17. The quantitative estimate of drug-likeness (QED) is 0.876. The molecule has 1 N–H and O–H groups in total. The van der Waals surface area contributed by atoms with Crippen LogP contribution in [0.15, 0.2) is 24.3 Å². The lowest BCUT2D eigenvalue weighted by molar-refractivity contribution is 0.277. The van der Waals surface area contributed by atoms with Crippen LogP contribution in [0.2, 0.25) is 0 Å². The van der Waals surface area contributed by atoms with E-state index < -0.39 is 0 Å². The number of hydrogen-bond donors (Lipinski definition) is 1. The monoisotopic (exact) mass is 273 g/mol. The van der Waals surface area contributed by atoms with E-state index in [4.69, 9.17) is 4.74 Å². The van der Waals surface area contributed by atoms with Gasteiger partial charge in [0.2, 0.25) is 0 Å². The Morgan fingerprint density at radius 1 is 1.25 bits per heavy atom. The van der Waals surface area contributed by atoms with Gasteiger partial charge >= 0.3 is 0 Å². The number of benzene rings is 1. The van der Waals surface area contributed by atoms with Crippen LogP contribution in [0.5, 0.6) is 5.75 Å². The molecule has 2 aliphatic rings. The van der Waals surface area contributed by atoms with Crippen molar-refractivity contribution in [3.8, 4) is 5.75 Å². The van der Waals surface area contributed by atoms with E-state index in [1.807, 2.05) is 0 Å². The van der Waals surface area contributed by atoms with Gasteiger partial charge in [-0.25, -0.2) is 0 Å². The Bertz CT molecular complexity index is 445. The zero-order chi connectivity index (χ0) is 13.9. The summed E-state index contributed by atoms with van der Waals surface area (Å²) in [6.07, 6.45) is 5.25. The van der Waals surface area contributed by atoms with Crippen molar-refractivity contribution in [1.82, 2.24) is 5.32 Å². The smallest absolute Gasteiger partial charge is 0.122 e. The van der Waals surface area contributed by atoms with Crippen LogP contribution in [0.4, 0.5) is 0 Å². The Balaban J connectivity index is 1.60. The molecule has 1 aromatic rings. The van der Waals surface area contributed by atoms with Gasteiger partial charge in [-0.2, -0.15) is 0 Å². The summed E-state index contributed by atoms with van der Waals surface area (Å²) >= 11 is 0. The molecular formula is C18H27NO.